The number of hydrogen-bond donors (Lipinski definition) is 1. The Morgan fingerprint density at radius 2 is 1.88 bits per heavy atom. The minimum absolute atomic E-state index is 0.174. The van der Waals surface area contributed by atoms with E-state index in [4.69, 9.17) is 0 Å². The maximum absolute atomic E-state index is 12.8. The monoisotopic (exact) mass is 471 g/mol. The molecule has 1 amide bonds. The summed E-state index contributed by atoms with van der Waals surface area (Å²) >= 11 is 1.42. The van der Waals surface area contributed by atoms with Crippen LogP contribution in [0.1, 0.15) is 47.6 Å². The first-order chi connectivity index (χ1) is 16.7. The lowest BCUT2D eigenvalue weighted by molar-refractivity contribution is 0.101. The van der Waals surface area contributed by atoms with Crippen LogP contribution in [-0.4, -0.2) is 33.5 Å². The van der Waals surface area contributed by atoms with Gasteiger partial charge in [-0.05, 0) is 66.9 Å². The van der Waals surface area contributed by atoms with E-state index in [-0.39, 0.29) is 5.91 Å². The third-order valence-corrected chi connectivity index (χ3v) is 6.26. The quantitative estimate of drug-likeness (QED) is 0.306. The molecule has 0 saturated heterocycles. The molecule has 0 saturated carbocycles. The van der Waals surface area contributed by atoms with Crippen molar-refractivity contribution in [2.45, 2.75) is 26.8 Å². The average Bonchev–Trinajstić information content (AvgIpc) is 3.52. The Morgan fingerprint density at radius 1 is 1.09 bits per heavy atom. The second-order valence-corrected chi connectivity index (χ2v) is 8.77. The number of aromatic nitrogens is 3. The first-order valence-electron chi connectivity index (χ1n) is 11.5. The number of nitrogens with one attached hydrogen (secondary N) is 1. The third kappa shape index (κ3) is 5.99. The highest BCUT2D eigenvalue weighted by molar-refractivity contribution is 7.14. The lowest BCUT2D eigenvalue weighted by atomic mass is 10.1. The van der Waals surface area contributed by atoms with Crippen LogP contribution in [0.5, 0.6) is 0 Å². The second-order valence-electron chi connectivity index (χ2n) is 7.91. The molecule has 3 heterocycles. The van der Waals surface area contributed by atoms with Crippen molar-refractivity contribution < 1.29 is 4.79 Å². The summed E-state index contributed by atoms with van der Waals surface area (Å²) in [6, 6.07) is 16.1. The molecule has 0 bridgehead atoms. The van der Waals surface area contributed by atoms with Gasteiger partial charge in [0.1, 0.15) is 5.69 Å². The number of benzene rings is 1. The molecule has 7 heteroatoms. The molecule has 0 aliphatic carbocycles. The number of thiazole rings is 1. The fourth-order valence-electron chi connectivity index (χ4n) is 3.74. The molecule has 0 spiro atoms. The molecule has 174 valence electrons. The molecule has 0 atom stereocenters. The van der Waals surface area contributed by atoms with Crippen LogP contribution < -0.4 is 10.2 Å². The summed E-state index contributed by atoms with van der Waals surface area (Å²) < 4.78 is 1.92. The highest BCUT2D eigenvalue weighted by atomic mass is 32.1. The smallest absolute Gasteiger partial charge is 0.274 e. The molecule has 34 heavy (non-hydrogen) atoms. The van der Waals surface area contributed by atoms with Crippen LogP contribution in [0.25, 0.3) is 12.2 Å². The van der Waals surface area contributed by atoms with E-state index in [2.05, 4.69) is 58.3 Å². The average molecular weight is 472 g/mol. The maximum Gasteiger partial charge on any atom is 0.274 e. The van der Waals surface area contributed by atoms with Crippen LogP contribution in [0.15, 0.2) is 72.5 Å². The van der Waals surface area contributed by atoms with Crippen molar-refractivity contribution in [2.24, 2.45) is 0 Å². The van der Waals surface area contributed by atoms with E-state index in [9.17, 15) is 4.79 Å². The predicted molar refractivity (Wildman–Crippen MR) is 141 cm³/mol. The summed E-state index contributed by atoms with van der Waals surface area (Å²) in [4.78, 5) is 23.8. The third-order valence-electron chi connectivity index (χ3n) is 5.49. The van der Waals surface area contributed by atoms with Gasteiger partial charge in [0.15, 0.2) is 5.13 Å². The summed E-state index contributed by atoms with van der Waals surface area (Å²) in [6.07, 6.45) is 10.6. The molecule has 1 N–H and O–H groups in total. The number of hydrogen-bond acceptors (Lipinski definition) is 5. The fourth-order valence-corrected chi connectivity index (χ4v) is 4.42. The van der Waals surface area contributed by atoms with Crippen molar-refractivity contribution in [2.75, 3.05) is 23.3 Å². The van der Waals surface area contributed by atoms with Crippen molar-refractivity contribution in [3.8, 4) is 0 Å². The van der Waals surface area contributed by atoms with Crippen molar-refractivity contribution in [3.05, 3.63) is 95.0 Å². The largest absolute Gasteiger partial charge is 0.372 e. The number of carbonyl (C=O) groups is 1. The Balaban J connectivity index is 1.37. The van der Waals surface area contributed by atoms with Gasteiger partial charge < -0.3 is 9.47 Å². The van der Waals surface area contributed by atoms with Gasteiger partial charge in [0.2, 0.25) is 0 Å². The molecular weight excluding hydrogens is 442 g/mol. The van der Waals surface area contributed by atoms with E-state index in [0.717, 1.165) is 36.3 Å². The minimum atomic E-state index is -0.174. The second kappa shape index (κ2) is 11.4. The zero-order valence-corrected chi connectivity index (χ0v) is 20.3. The number of amides is 1. The normalized spacial score (nSPS) is 11.1. The summed E-state index contributed by atoms with van der Waals surface area (Å²) in [5.41, 5.74) is 4.85. The zero-order valence-electron chi connectivity index (χ0n) is 19.5. The highest BCUT2D eigenvalue weighted by Gasteiger charge is 2.13. The van der Waals surface area contributed by atoms with E-state index < -0.39 is 0 Å². The van der Waals surface area contributed by atoms with Gasteiger partial charge in [0.05, 0.1) is 5.69 Å². The molecule has 6 nitrogen and oxygen atoms in total. The summed E-state index contributed by atoms with van der Waals surface area (Å²) in [5.74, 6) is -0.174. The lowest BCUT2D eigenvalue weighted by Gasteiger charge is -2.22. The molecule has 3 aromatic heterocycles. The Labute approximate surface area is 204 Å². The van der Waals surface area contributed by atoms with Crippen molar-refractivity contribution in [3.63, 3.8) is 0 Å². The van der Waals surface area contributed by atoms with Crippen LogP contribution >= 0.6 is 11.3 Å². The Bertz CT molecular complexity index is 1230. The Hall–Kier alpha value is -3.71. The Kier molecular flexibility index (Phi) is 7.88. The molecule has 4 rings (SSSR count). The number of rotatable bonds is 10. The van der Waals surface area contributed by atoms with E-state index in [1.165, 1.54) is 17.0 Å². The highest BCUT2D eigenvalue weighted by Crippen LogP contribution is 2.20. The molecule has 4 aromatic rings. The van der Waals surface area contributed by atoms with Gasteiger partial charge in [0.25, 0.3) is 5.91 Å². The lowest BCUT2D eigenvalue weighted by Crippen LogP contribution is -2.23. The minimum Gasteiger partial charge on any atom is -0.372 e. The SMILES string of the molecule is CCCN(CC)c1ccc(/C=C/c2csc(NC(=O)c3cccn3Cc3ccncc3)n2)cc1. The van der Waals surface area contributed by atoms with E-state index >= 15 is 0 Å². The standard InChI is InChI=1S/C27H29N5OS/c1-3-17-31(4-2)24-11-8-21(9-12-24)7-10-23-20-34-27(29-23)30-26(33)25-6-5-18-32(25)19-22-13-15-28-16-14-22/h5-16,18,20H,3-4,17,19H2,1-2H3,(H,29,30,33)/b10-7+. The fraction of sp³-hybridized carbons (Fsp3) is 0.222. The summed E-state index contributed by atoms with van der Waals surface area (Å²) in [5, 5.41) is 5.44. The van der Waals surface area contributed by atoms with Crippen molar-refractivity contribution >= 4 is 40.2 Å². The van der Waals surface area contributed by atoms with Gasteiger partial charge in [-0.3, -0.25) is 15.1 Å². The van der Waals surface area contributed by atoms with E-state index in [1.807, 2.05) is 52.6 Å². The van der Waals surface area contributed by atoms with Crippen molar-refractivity contribution in [1.82, 2.24) is 14.5 Å². The maximum atomic E-state index is 12.8. The molecule has 0 aliphatic rings. The number of anilines is 2. The van der Waals surface area contributed by atoms with Gasteiger partial charge >= 0.3 is 0 Å². The molecular formula is C27H29N5OS. The molecule has 0 aliphatic heterocycles. The summed E-state index contributed by atoms with van der Waals surface area (Å²) in [6.45, 7) is 7.06. The topological polar surface area (TPSA) is 63.1 Å². The number of pyridine rings is 1. The first kappa shape index (κ1) is 23.4. The van der Waals surface area contributed by atoms with Crippen LogP contribution in [0.3, 0.4) is 0 Å². The molecule has 0 radical (unpaired) electrons. The molecule has 0 fully saturated rings. The Morgan fingerprint density at radius 3 is 2.62 bits per heavy atom. The predicted octanol–water partition coefficient (Wildman–Crippen LogP) is 6.05. The first-order valence-corrected chi connectivity index (χ1v) is 12.4. The van der Waals surface area contributed by atoms with E-state index in [1.54, 1.807) is 12.4 Å². The number of carbonyl (C=O) groups excluding carboxylic acids is 1. The summed E-state index contributed by atoms with van der Waals surface area (Å²) in [7, 11) is 0. The van der Waals surface area contributed by atoms with Crippen molar-refractivity contribution in [1.29, 1.82) is 0 Å². The van der Waals surface area contributed by atoms with Crippen LogP contribution in [0.2, 0.25) is 0 Å². The van der Waals surface area contributed by atoms with Gasteiger partial charge in [0, 0.05) is 49.3 Å². The van der Waals surface area contributed by atoms with Gasteiger partial charge in [-0.1, -0.05) is 25.1 Å². The van der Waals surface area contributed by atoms with Gasteiger partial charge in [-0.2, -0.15) is 0 Å². The van der Waals surface area contributed by atoms with Gasteiger partial charge in [-0.15, -0.1) is 11.3 Å². The van der Waals surface area contributed by atoms with Crippen LogP contribution in [0.4, 0.5) is 10.8 Å². The van der Waals surface area contributed by atoms with E-state index in [0.29, 0.717) is 17.4 Å². The van der Waals surface area contributed by atoms with Crippen LogP contribution in [0, 0.1) is 0 Å². The number of nitrogens with zero attached hydrogens (tertiary/aromatic N) is 4. The van der Waals surface area contributed by atoms with Gasteiger partial charge in [-0.25, -0.2) is 4.98 Å². The molecule has 0 unspecified atom stereocenters. The zero-order chi connectivity index (χ0) is 23.8. The van der Waals surface area contributed by atoms with Crippen LogP contribution in [-0.2, 0) is 6.54 Å². The molecule has 1 aromatic carbocycles.